The molecule has 0 aliphatic rings. The Morgan fingerprint density at radius 2 is 0.824 bits per heavy atom. The van der Waals surface area contributed by atoms with Crippen LogP contribution in [0.2, 0.25) is 0 Å². The van der Waals surface area contributed by atoms with Crippen LogP contribution in [0, 0.1) is 0 Å². The average Bonchev–Trinajstić information content (AvgIpc) is 2.00. The van der Waals surface area contributed by atoms with E-state index < -0.39 is 10.4 Å². The second-order valence-electron chi connectivity index (χ2n) is 5.62. The maximum absolute atomic E-state index is 8.52. The van der Waals surface area contributed by atoms with Crippen molar-refractivity contribution in [1.82, 2.24) is 0 Å². The molecule has 0 amide bonds. The van der Waals surface area contributed by atoms with Crippen LogP contribution in [0.25, 0.3) is 0 Å². The fourth-order valence-corrected chi connectivity index (χ4v) is 0. The lowest BCUT2D eigenvalue weighted by atomic mass is 10.6. The normalized spacial score (nSPS) is 11.9. The molecule has 6 nitrogen and oxygen atoms in total. The quantitative estimate of drug-likeness (QED) is 0.405. The van der Waals surface area contributed by atoms with E-state index in [0.717, 1.165) is 8.97 Å². The highest BCUT2D eigenvalue weighted by Gasteiger charge is 1.98. The van der Waals surface area contributed by atoms with Gasteiger partial charge in [0.1, 0.15) is 0 Å². The molecule has 0 atom stereocenters. The molecule has 0 bridgehead atoms. The third-order valence-corrected chi connectivity index (χ3v) is 1.90. The van der Waals surface area contributed by atoms with Crippen molar-refractivity contribution in [3.05, 3.63) is 0 Å². The van der Waals surface area contributed by atoms with Crippen molar-refractivity contribution in [3.63, 3.8) is 0 Å². The maximum atomic E-state index is 8.52. The number of hydrogen-bond acceptors (Lipinski definition) is 4. The van der Waals surface area contributed by atoms with Gasteiger partial charge in [-0.25, -0.2) is 0 Å². The van der Waals surface area contributed by atoms with Crippen LogP contribution in [0.1, 0.15) is 13.8 Å². The first-order chi connectivity index (χ1) is 7.12. The van der Waals surface area contributed by atoms with Gasteiger partial charge >= 0.3 is 0 Å². The zero-order valence-corrected chi connectivity index (χ0v) is 13.2. The third kappa shape index (κ3) is 89.6. The molecule has 0 spiro atoms. The molecule has 0 aromatic carbocycles. The molecular weight excluding hydrogens is 244 g/mol. The summed E-state index contributed by atoms with van der Waals surface area (Å²) in [6.07, 6.45) is 0. The first-order valence-electron chi connectivity index (χ1n) is 5.40. The Hall–Kier alpha value is -0.210. The Labute approximate surface area is 107 Å². The summed E-state index contributed by atoms with van der Waals surface area (Å²) >= 11 is 0. The summed E-state index contributed by atoms with van der Waals surface area (Å²) in [6.45, 7) is 6.78. The van der Waals surface area contributed by atoms with Crippen molar-refractivity contribution in [1.29, 1.82) is 0 Å². The van der Waals surface area contributed by atoms with E-state index in [1.807, 2.05) is 0 Å². The summed E-state index contributed by atoms with van der Waals surface area (Å²) in [7, 11) is 7.92. The number of hydrogen-bond donors (Lipinski definition) is 0. The van der Waals surface area contributed by atoms with Crippen LogP contribution in [-0.4, -0.2) is 81.9 Å². The predicted octanol–water partition coefficient (Wildman–Crippen LogP) is 0.0870. The standard InChI is InChI=1S/2C5H14N.H2O4S/c2*1-5-6(2,3)4;1-5(2,3)4/h2*5H2,1-4H3;(H2,1,2,3,4)/q2*+1;/p-2. The molecule has 0 aromatic rings. The SMILES string of the molecule is CC[N+](C)(C)C.CC[N+](C)(C)C.O=S(=O)([O-])[O-]. The van der Waals surface area contributed by atoms with Crippen molar-refractivity contribution in [2.45, 2.75) is 13.8 Å². The van der Waals surface area contributed by atoms with Gasteiger partial charge in [0.15, 0.2) is 0 Å². The number of rotatable bonds is 2. The van der Waals surface area contributed by atoms with Gasteiger partial charge in [0.2, 0.25) is 0 Å². The summed E-state index contributed by atoms with van der Waals surface area (Å²) < 4.78 is 36.2. The summed E-state index contributed by atoms with van der Waals surface area (Å²) in [5.74, 6) is 0. The fraction of sp³-hybridized carbons (Fsp3) is 1.00. The van der Waals surface area contributed by atoms with Crippen LogP contribution in [0.3, 0.4) is 0 Å². The van der Waals surface area contributed by atoms with Crippen LogP contribution in [0.15, 0.2) is 0 Å². The summed E-state index contributed by atoms with van der Waals surface area (Å²) in [5, 5.41) is 0. The van der Waals surface area contributed by atoms with Crippen molar-refractivity contribution in [2.75, 3.05) is 55.4 Å². The first kappa shape index (κ1) is 22.0. The van der Waals surface area contributed by atoms with Gasteiger partial charge in [0, 0.05) is 10.4 Å². The Morgan fingerprint density at radius 3 is 0.824 bits per heavy atom. The van der Waals surface area contributed by atoms with E-state index in [4.69, 9.17) is 17.5 Å². The van der Waals surface area contributed by atoms with Crippen molar-refractivity contribution >= 4 is 10.4 Å². The minimum Gasteiger partial charge on any atom is -0.759 e. The van der Waals surface area contributed by atoms with Gasteiger partial charge < -0.3 is 18.1 Å². The number of nitrogens with zero attached hydrogens (tertiary/aromatic N) is 2. The van der Waals surface area contributed by atoms with E-state index >= 15 is 0 Å². The van der Waals surface area contributed by atoms with Crippen LogP contribution >= 0.6 is 0 Å². The Bertz CT molecular complexity index is 241. The summed E-state index contributed by atoms with van der Waals surface area (Å²) in [4.78, 5) is 0. The molecule has 0 unspecified atom stereocenters. The lowest BCUT2D eigenvalue weighted by Crippen LogP contribution is -2.33. The highest BCUT2D eigenvalue weighted by molar-refractivity contribution is 7.79. The van der Waals surface area contributed by atoms with Gasteiger partial charge in [-0.05, 0) is 13.8 Å². The zero-order chi connectivity index (χ0) is 14.9. The van der Waals surface area contributed by atoms with Gasteiger partial charge in [0.25, 0.3) is 0 Å². The van der Waals surface area contributed by atoms with Gasteiger partial charge in [0.05, 0.1) is 55.4 Å². The average molecular weight is 272 g/mol. The Morgan fingerprint density at radius 1 is 0.765 bits per heavy atom. The lowest BCUT2D eigenvalue weighted by Gasteiger charge is -2.20. The van der Waals surface area contributed by atoms with Gasteiger partial charge in [-0.15, -0.1) is 0 Å². The monoisotopic (exact) mass is 272 g/mol. The largest absolute Gasteiger partial charge is 0.759 e. The van der Waals surface area contributed by atoms with Crippen molar-refractivity contribution in [2.24, 2.45) is 0 Å². The second-order valence-corrected chi connectivity index (χ2v) is 6.44. The third-order valence-electron chi connectivity index (χ3n) is 1.90. The Kier molecular flexibility index (Phi) is 11.4. The first-order valence-corrected chi connectivity index (χ1v) is 6.73. The van der Waals surface area contributed by atoms with Gasteiger partial charge in [-0.1, -0.05) is 0 Å². The molecule has 17 heavy (non-hydrogen) atoms. The minimum atomic E-state index is -5.17. The molecule has 0 aliphatic heterocycles. The fourth-order valence-electron chi connectivity index (χ4n) is 0. The summed E-state index contributed by atoms with van der Waals surface area (Å²) in [6, 6.07) is 0. The molecular formula is C10H28N2O4S. The molecule has 0 N–H and O–H groups in total. The molecule has 0 aliphatic carbocycles. The topological polar surface area (TPSA) is 80.3 Å². The van der Waals surface area contributed by atoms with Crippen LogP contribution in [-0.2, 0) is 10.4 Å². The maximum Gasteiger partial charge on any atom is 0.0751 e. The van der Waals surface area contributed by atoms with Crippen molar-refractivity contribution < 1.29 is 26.5 Å². The predicted molar refractivity (Wildman–Crippen MR) is 67.6 cm³/mol. The smallest absolute Gasteiger partial charge is 0.0751 e. The van der Waals surface area contributed by atoms with Crippen molar-refractivity contribution in [3.8, 4) is 0 Å². The second kappa shape index (κ2) is 8.82. The van der Waals surface area contributed by atoms with E-state index in [9.17, 15) is 0 Å². The molecule has 0 aromatic heterocycles. The van der Waals surface area contributed by atoms with Crippen LogP contribution in [0.5, 0.6) is 0 Å². The lowest BCUT2D eigenvalue weighted by molar-refractivity contribution is -0.868. The highest BCUT2D eigenvalue weighted by Crippen LogP contribution is 1.84. The molecule has 0 saturated carbocycles. The zero-order valence-electron chi connectivity index (χ0n) is 12.3. The van der Waals surface area contributed by atoms with Crippen LogP contribution < -0.4 is 0 Å². The van der Waals surface area contributed by atoms with Crippen LogP contribution in [0.4, 0.5) is 0 Å². The minimum absolute atomic E-state index is 1.07. The molecule has 108 valence electrons. The number of quaternary nitrogens is 2. The van der Waals surface area contributed by atoms with E-state index in [2.05, 4.69) is 56.1 Å². The summed E-state index contributed by atoms with van der Waals surface area (Å²) in [5.41, 5.74) is 0. The molecule has 7 heteroatoms. The van der Waals surface area contributed by atoms with Gasteiger partial charge in [-0.2, -0.15) is 0 Å². The Balaban J connectivity index is -0.000000174. The molecule has 0 radical (unpaired) electrons. The molecule has 0 fully saturated rings. The van der Waals surface area contributed by atoms with E-state index in [-0.39, 0.29) is 0 Å². The molecule has 0 rings (SSSR count). The molecule has 0 heterocycles. The van der Waals surface area contributed by atoms with E-state index in [1.165, 1.54) is 13.1 Å². The van der Waals surface area contributed by atoms with Gasteiger partial charge in [-0.3, -0.25) is 8.42 Å². The van der Waals surface area contributed by atoms with E-state index in [1.54, 1.807) is 0 Å². The van der Waals surface area contributed by atoms with E-state index in [0.29, 0.717) is 0 Å². The highest BCUT2D eigenvalue weighted by atomic mass is 32.3. The molecule has 0 saturated heterocycles.